The number of carbonyl (C=O) groups is 1. The SMILES string of the molecule is CO[C@@H]1CCC[C@@H](C(=O)N2CC[C@@H](c3cc(=O)[nH]c(-c4ccccn4)n3)C2)C1. The van der Waals surface area contributed by atoms with Crippen molar-refractivity contribution in [2.75, 3.05) is 20.2 Å². The first kappa shape index (κ1) is 18.8. The van der Waals surface area contributed by atoms with Crippen LogP contribution in [-0.2, 0) is 9.53 Å². The largest absolute Gasteiger partial charge is 0.381 e. The Morgan fingerprint density at radius 2 is 2.18 bits per heavy atom. The smallest absolute Gasteiger partial charge is 0.251 e. The van der Waals surface area contributed by atoms with Gasteiger partial charge in [0.25, 0.3) is 5.56 Å². The first-order valence-corrected chi connectivity index (χ1v) is 9.98. The van der Waals surface area contributed by atoms with E-state index in [1.165, 1.54) is 0 Å². The van der Waals surface area contributed by atoms with E-state index in [-0.39, 0.29) is 29.4 Å². The van der Waals surface area contributed by atoms with Gasteiger partial charge in [-0.25, -0.2) is 4.98 Å². The van der Waals surface area contributed by atoms with Crippen LogP contribution < -0.4 is 5.56 Å². The quantitative estimate of drug-likeness (QED) is 0.877. The Kier molecular flexibility index (Phi) is 5.52. The van der Waals surface area contributed by atoms with E-state index in [4.69, 9.17) is 4.74 Å². The molecule has 0 spiro atoms. The number of hydrogen-bond acceptors (Lipinski definition) is 5. The summed E-state index contributed by atoms with van der Waals surface area (Å²) >= 11 is 0. The number of carbonyl (C=O) groups excluding carboxylic acids is 1. The number of aromatic nitrogens is 3. The van der Waals surface area contributed by atoms with Crippen molar-refractivity contribution in [3.05, 3.63) is 46.5 Å². The molecule has 0 bridgehead atoms. The number of nitrogens with zero attached hydrogens (tertiary/aromatic N) is 3. The molecule has 2 aromatic heterocycles. The molecule has 1 saturated heterocycles. The number of pyridine rings is 1. The van der Waals surface area contributed by atoms with Gasteiger partial charge in [0.05, 0.1) is 11.8 Å². The average Bonchev–Trinajstić information content (AvgIpc) is 3.24. The van der Waals surface area contributed by atoms with Crippen LogP contribution in [0.3, 0.4) is 0 Å². The number of rotatable bonds is 4. The molecule has 1 aliphatic carbocycles. The number of ether oxygens (including phenoxy) is 1. The van der Waals surface area contributed by atoms with Crippen LogP contribution in [0.4, 0.5) is 0 Å². The van der Waals surface area contributed by atoms with Crippen molar-refractivity contribution in [1.29, 1.82) is 0 Å². The van der Waals surface area contributed by atoms with Crippen LogP contribution in [0.25, 0.3) is 11.5 Å². The predicted molar refractivity (Wildman–Crippen MR) is 105 cm³/mol. The second kappa shape index (κ2) is 8.22. The lowest BCUT2D eigenvalue weighted by Gasteiger charge is -2.30. The fourth-order valence-electron chi connectivity index (χ4n) is 4.35. The highest BCUT2D eigenvalue weighted by molar-refractivity contribution is 5.79. The van der Waals surface area contributed by atoms with Crippen LogP contribution in [0.2, 0.25) is 0 Å². The van der Waals surface area contributed by atoms with E-state index >= 15 is 0 Å². The summed E-state index contributed by atoms with van der Waals surface area (Å²) in [5.41, 5.74) is 1.18. The molecule has 4 rings (SSSR count). The van der Waals surface area contributed by atoms with Crippen molar-refractivity contribution in [3.8, 4) is 11.5 Å². The summed E-state index contributed by atoms with van der Waals surface area (Å²) < 4.78 is 5.47. The molecule has 3 heterocycles. The van der Waals surface area contributed by atoms with Gasteiger partial charge in [0.1, 0.15) is 5.69 Å². The Morgan fingerprint density at radius 1 is 1.29 bits per heavy atom. The van der Waals surface area contributed by atoms with Gasteiger partial charge >= 0.3 is 0 Å². The van der Waals surface area contributed by atoms with Crippen molar-refractivity contribution in [2.24, 2.45) is 5.92 Å². The van der Waals surface area contributed by atoms with Crippen LogP contribution in [0.15, 0.2) is 35.3 Å². The topological polar surface area (TPSA) is 88.2 Å². The molecule has 2 aromatic rings. The molecule has 0 unspecified atom stereocenters. The average molecular weight is 382 g/mol. The second-order valence-electron chi connectivity index (χ2n) is 7.72. The monoisotopic (exact) mass is 382 g/mol. The number of hydrogen-bond donors (Lipinski definition) is 1. The fraction of sp³-hybridized carbons (Fsp3) is 0.524. The Bertz CT molecular complexity index is 883. The molecule has 2 aliphatic rings. The third-order valence-corrected chi connectivity index (χ3v) is 5.90. The molecule has 3 atom stereocenters. The predicted octanol–water partition coefficient (Wildman–Crippen LogP) is 2.35. The lowest BCUT2D eigenvalue weighted by molar-refractivity contribution is -0.137. The van der Waals surface area contributed by atoms with Gasteiger partial charge in [-0.2, -0.15) is 0 Å². The molecular formula is C21H26N4O3. The number of aromatic amines is 1. The van der Waals surface area contributed by atoms with Gasteiger partial charge in [0, 0.05) is 44.3 Å². The fourth-order valence-corrected chi connectivity index (χ4v) is 4.35. The van der Waals surface area contributed by atoms with Crippen molar-refractivity contribution in [2.45, 2.75) is 44.1 Å². The normalized spacial score (nSPS) is 25.0. The zero-order valence-corrected chi connectivity index (χ0v) is 16.1. The van der Waals surface area contributed by atoms with E-state index in [0.717, 1.165) is 37.8 Å². The zero-order chi connectivity index (χ0) is 19.5. The summed E-state index contributed by atoms with van der Waals surface area (Å²) in [6.45, 7) is 1.33. The summed E-state index contributed by atoms with van der Waals surface area (Å²) in [5, 5.41) is 0. The molecule has 7 nitrogen and oxygen atoms in total. The Balaban J connectivity index is 1.48. The standard InChI is InChI=1S/C21H26N4O3/c1-28-16-6-4-5-14(11-16)21(27)25-10-8-15(13-25)18-12-19(26)24-20(23-18)17-7-2-3-9-22-17/h2-3,7,9,12,14-16H,4-6,8,10-11,13H2,1H3,(H,23,24,26)/t14-,15-,16-/m1/s1. The van der Waals surface area contributed by atoms with E-state index in [0.29, 0.717) is 24.6 Å². The van der Waals surface area contributed by atoms with Crippen LogP contribution in [-0.4, -0.2) is 52.1 Å². The third kappa shape index (κ3) is 3.99. The van der Waals surface area contributed by atoms with E-state index in [9.17, 15) is 9.59 Å². The maximum atomic E-state index is 13.0. The van der Waals surface area contributed by atoms with Gasteiger partial charge in [-0.3, -0.25) is 14.6 Å². The Morgan fingerprint density at radius 3 is 2.96 bits per heavy atom. The number of nitrogens with one attached hydrogen (secondary N) is 1. The second-order valence-corrected chi connectivity index (χ2v) is 7.72. The minimum Gasteiger partial charge on any atom is -0.381 e. The summed E-state index contributed by atoms with van der Waals surface area (Å²) in [4.78, 5) is 38.7. The Labute approximate surface area is 164 Å². The lowest BCUT2D eigenvalue weighted by atomic mass is 9.86. The molecule has 7 heteroatoms. The summed E-state index contributed by atoms with van der Waals surface area (Å²) in [6, 6.07) is 7.06. The van der Waals surface area contributed by atoms with Gasteiger partial charge < -0.3 is 14.6 Å². The van der Waals surface area contributed by atoms with Gasteiger partial charge in [-0.05, 0) is 37.8 Å². The van der Waals surface area contributed by atoms with Crippen molar-refractivity contribution in [1.82, 2.24) is 19.9 Å². The molecule has 1 amide bonds. The number of amides is 1. The van der Waals surface area contributed by atoms with E-state index < -0.39 is 0 Å². The minimum atomic E-state index is -0.189. The highest BCUT2D eigenvalue weighted by atomic mass is 16.5. The summed E-state index contributed by atoms with van der Waals surface area (Å²) in [5.74, 6) is 0.825. The molecule has 1 N–H and O–H groups in total. The van der Waals surface area contributed by atoms with Crippen LogP contribution >= 0.6 is 0 Å². The van der Waals surface area contributed by atoms with Gasteiger partial charge in [0.2, 0.25) is 5.91 Å². The summed E-state index contributed by atoms with van der Waals surface area (Å²) in [7, 11) is 1.72. The number of methoxy groups -OCH3 is 1. The van der Waals surface area contributed by atoms with Crippen LogP contribution in [0.1, 0.15) is 43.7 Å². The van der Waals surface area contributed by atoms with Gasteiger partial charge in [0.15, 0.2) is 5.82 Å². The lowest BCUT2D eigenvalue weighted by Crippen LogP contribution is -2.38. The Hall–Kier alpha value is -2.54. The van der Waals surface area contributed by atoms with Gasteiger partial charge in [-0.15, -0.1) is 0 Å². The molecule has 148 valence electrons. The van der Waals surface area contributed by atoms with E-state index in [1.54, 1.807) is 19.4 Å². The van der Waals surface area contributed by atoms with Crippen LogP contribution in [0.5, 0.6) is 0 Å². The van der Waals surface area contributed by atoms with Crippen molar-refractivity contribution < 1.29 is 9.53 Å². The van der Waals surface area contributed by atoms with Crippen LogP contribution in [0, 0.1) is 5.92 Å². The number of H-pyrrole nitrogens is 1. The molecular weight excluding hydrogens is 356 g/mol. The van der Waals surface area contributed by atoms with Crippen molar-refractivity contribution in [3.63, 3.8) is 0 Å². The van der Waals surface area contributed by atoms with Crippen molar-refractivity contribution >= 4 is 5.91 Å². The maximum absolute atomic E-state index is 13.0. The molecule has 0 radical (unpaired) electrons. The molecule has 1 aliphatic heterocycles. The van der Waals surface area contributed by atoms with Gasteiger partial charge in [-0.1, -0.05) is 12.5 Å². The maximum Gasteiger partial charge on any atom is 0.251 e. The number of likely N-dealkylation sites (tertiary alicyclic amines) is 1. The minimum absolute atomic E-state index is 0.0497. The molecule has 0 aromatic carbocycles. The zero-order valence-electron chi connectivity index (χ0n) is 16.1. The molecule has 2 fully saturated rings. The first-order chi connectivity index (χ1) is 13.6. The molecule has 1 saturated carbocycles. The highest BCUT2D eigenvalue weighted by Crippen LogP contribution is 2.32. The van der Waals surface area contributed by atoms with E-state index in [2.05, 4.69) is 15.0 Å². The first-order valence-electron chi connectivity index (χ1n) is 9.98. The third-order valence-electron chi connectivity index (χ3n) is 5.90. The summed E-state index contributed by atoms with van der Waals surface area (Å²) in [6.07, 6.45) is 6.51. The molecule has 28 heavy (non-hydrogen) atoms. The van der Waals surface area contributed by atoms with E-state index in [1.807, 2.05) is 23.1 Å². The highest BCUT2D eigenvalue weighted by Gasteiger charge is 2.35.